The standard InChI is InChI=1S/C13H15BrN2O4/c1-2-10(13(19)20)16-11(17)7-15-12(18)8-5-3-4-6-9(8)14/h3-6,10H,2,7H2,1H3,(H,15,18)(H,16,17)(H,19,20)/t10-/m0/s1. The van der Waals surface area contributed by atoms with Crippen molar-refractivity contribution in [2.75, 3.05) is 6.54 Å². The fourth-order valence-electron chi connectivity index (χ4n) is 1.48. The molecule has 0 aliphatic rings. The molecule has 1 atom stereocenters. The Hall–Kier alpha value is -1.89. The molecule has 0 saturated heterocycles. The van der Waals surface area contributed by atoms with Gasteiger partial charge in [0.1, 0.15) is 6.04 Å². The second-order valence-electron chi connectivity index (χ2n) is 4.03. The summed E-state index contributed by atoms with van der Waals surface area (Å²) in [5.41, 5.74) is 0.408. The minimum Gasteiger partial charge on any atom is -0.480 e. The van der Waals surface area contributed by atoms with Crippen molar-refractivity contribution in [2.45, 2.75) is 19.4 Å². The summed E-state index contributed by atoms with van der Waals surface area (Å²) in [5.74, 6) is -2.05. The van der Waals surface area contributed by atoms with Gasteiger partial charge in [-0.1, -0.05) is 19.1 Å². The quantitative estimate of drug-likeness (QED) is 0.722. The first kappa shape index (κ1) is 16.2. The SMILES string of the molecule is CC[C@H](NC(=O)CNC(=O)c1ccccc1Br)C(=O)O. The smallest absolute Gasteiger partial charge is 0.326 e. The highest BCUT2D eigenvalue weighted by Gasteiger charge is 2.18. The van der Waals surface area contributed by atoms with Crippen molar-refractivity contribution in [3.8, 4) is 0 Å². The first-order valence-electron chi connectivity index (χ1n) is 6.00. The van der Waals surface area contributed by atoms with Crippen molar-refractivity contribution in [2.24, 2.45) is 0 Å². The van der Waals surface area contributed by atoms with Crippen molar-refractivity contribution in [3.63, 3.8) is 0 Å². The van der Waals surface area contributed by atoms with E-state index in [-0.39, 0.29) is 13.0 Å². The monoisotopic (exact) mass is 342 g/mol. The first-order valence-corrected chi connectivity index (χ1v) is 6.80. The number of aliphatic carboxylic acids is 1. The Bertz CT molecular complexity index is 519. The predicted octanol–water partition coefficient (Wildman–Crippen LogP) is 1.16. The third-order valence-electron chi connectivity index (χ3n) is 2.57. The van der Waals surface area contributed by atoms with Crippen LogP contribution < -0.4 is 10.6 Å². The van der Waals surface area contributed by atoms with Crippen LogP contribution in [0.15, 0.2) is 28.7 Å². The molecule has 0 heterocycles. The second kappa shape index (κ2) is 7.64. The van der Waals surface area contributed by atoms with Gasteiger partial charge in [0, 0.05) is 4.47 Å². The molecular weight excluding hydrogens is 328 g/mol. The van der Waals surface area contributed by atoms with Crippen molar-refractivity contribution < 1.29 is 19.5 Å². The van der Waals surface area contributed by atoms with Crippen LogP contribution in [0.5, 0.6) is 0 Å². The molecule has 20 heavy (non-hydrogen) atoms. The van der Waals surface area contributed by atoms with Gasteiger partial charge in [0.15, 0.2) is 0 Å². The molecule has 0 saturated carbocycles. The molecular formula is C13H15BrN2O4. The summed E-state index contributed by atoms with van der Waals surface area (Å²) in [6.45, 7) is 1.38. The molecule has 0 spiro atoms. The summed E-state index contributed by atoms with van der Waals surface area (Å²) in [6.07, 6.45) is 0.277. The minimum absolute atomic E-state index is 0.274. The first-order chi connectivity index (χ1) is 9.45. The van der Waals surface area contributed by atoms with E-state index in [1.165, 1.54) is 0 Å². The number of nitrogens with one attached hydrogen (secondary N) is 2. The van der Waals surface area contributed by atoms with Gasteiger partial charge in [-0.2, -0.15) is 0 Å². The minimum atomic E-state index is -1.10. The van der Waals surface area contributed by atoms with Crippen LogP contribution in [0.25, 0.3) is 0 Å². The number of benzene rings is 1. The Morgan fingerprint density at radius 3 is 2.50 bits per heavy atom. The van der Waals surface area contributed by atoms with Gasteiger partial charge in [-0.25, -0.2) is 4.79 Å². The van der Waals surface area contributed by atoms with Crippen LogP contribution in [0, 0.1) is 0 Å². The van der Waals surface area contributed by atoms with Gasteiger partial charge in [-0.05, 0) is 34.5 Å². The Balaban J connectivity index is 2.51. The van der Waals surface area contributed by atoms with E-state index in [1.54, 1.807) is 31.2 Å². The second-order valence-corrected chi connectivity index (χ2v) is 4.88. The molecule has 3 N–H and O–H groups in total. The maximum absolute atomic E-state index is 11.8. The fourth-order valence-corrected chi connectivity index (χ4v) is 1.95. The Morgan fingerprint density at radius 2 is 1.95 bits per heavy atom. The Labute approximate surface area is 124 Å². The summed E-state index contributed by atoms with van der Waals surface area (Å²) in [6, 6.07) is 5.86. The molecule has 0 bridgehead atoms. The van der Waals surface area contributed by atoms with Gasteiger partial charge in [0.05, 0.1) is 12.1 Å². The molecule has 1 rings (SSSR count). The van der Waals surface area contributed by atoms with E-state index < -0.39 is 23.8 Å². The summed E-state index contributed by atoms with van der Waals surface area (Å²) in [7, 11) is 0. The van der Waals surface area contributed by atoms with Crippen LogP contribution in [0.3, 0.4) is 0 Å². The van der Waals surface area contributed by atoms with Crippen LogP contribution in [0.2, 0.25) is 0 Å². The molecule has 0 radical (unpaired) electrons. The van der Waals surface area contributed by atoms with Crippen LogP contribution in [-0.2, 0) is 9.59 Å². The molecule has 1 aromatic carbocycles. The highest BCUT2D eigenvalue weighted by molar-refractivity contribution is 9.10. The van der Waals surface area contributed by atoms with Crippen LogP contribution in [0.1, 0.15) is 23.7 Å². The third-order valence-corrected chi connectivity index (χ3v) is 3.26. The van der Waals surface area contributed by atoms with E-state index >= 15 is 0 Å². The molecule has 7 heteroatoms. The number of rotatable bonds is 6. The number of hydrogen-bond donors (Lipinski definition) is 3. The lowest BCUT2D eigenvalue weighted by molar-refractivity contribution is -0.141. The third kappa shape index (κ3) is 4.65. The molecule has 0 aliphatic heterocycles. The number of carboxylic acids is 1. The fraction of sp³-hybridized carbons (Fsp3) is 0.308. The maximum Gasteiger partial charge on any atom is 0.326 e. The van der Waals surface area contributed by atoms with Crippen LogP contribution >= 0.6 is 15.9 Å². The number of amides is 2. The summed E-state index contributed by atoms with van der Waals surface area (Å²) < 4.78 is 0.620. The Morgan fingerprint density at radius 1 is 1.30 bits per heavy atom. The number of carbonyl (C=O) groups excluding carboxylic acids is 2. The van der Waals surface area contributed by atoms with Crippen molar-refractivity contribution in [1.29, 1.82) is 0 Å². The van der Waals surface area contributed by atoms with Crippen molar-refractivity contribution in [3.05, 3.63) is 34.3 Å². The van der Waals surface area contributed by atoms with E-state index in [0.717, 1.165) is 0 Å². The molecule has 6 nitrogen and oxygen atoms in total. The molecule has 0 unspecified atom stereocenters. The molecule has 2 amide bonds. The molecule has 0 aromatic heterocycles. The number of hydrogen-bond acceptors (Lipinski definition) is 3. The summed E-state index contributed by atoms with van der Waals surface area (Å²) in [5, 5.41) is 13.6. The zero-order valence-corrected chi connectivity index (χ0v) is 12.4. The van der Waals surface area contributed by atoms with E-state index in [4.69, 9.17) is 5.11 Å². The maximum atomic E-state index is 11.8. The van der Waals surface area contributed by atoms with Gasteiger partial charge in [0.2, 0.25) is 5.91 Å². The van der Waals surface area contributed by atoms with Gasteiger partial charge in [-0.3, -0.25) is 9.59 Å². The highest BCUT2D eigenvalue weighted by atomic mass is 79.9. The molecule has 108 valence electrons. The van der Waals surface area contributed by atoms with E-state index in [2.05, 4.69) is 26.6 Å². The van der Waals surface area contributed by atoms with Gasteiger partial charge in [-0.15, -0.1) is 0 Å². The normalized spacial score (nSPS) is 11.5. The van der Waals surface area contributed by atoms with Gasteiger partial charge in [0.25, 0.3) is 5.91 Å². The average Bonchev–Trinajstić information content (AvgIpc) is 2.42. The summed E-state index contributed by atoms with van der Waals surface area (Å²) >= 11 is 3.24. The van der Waals surface area contributed by atoms with Crippen LogP contribution in [0.4, 0.5) is 0 Å². The van der Waals surface area contributed by atoms with Crippen LogP contribution in [-0.4, -0.2) is 35.5 Å². The largest absolute Gasteiger partial charge is 0.480 e. The van der Waals surface area contributed by atoms with E-state index in [1.807, 2.05) is 0 Å². The number of carbonyl (C=O) groups is 3. The lowest BCUT2D eigenvalue weighted by atomic mass is 10.2. The molecule has 1 aromatic rings. The highest BCUT2D eigenvalue weighted by Crippen LogP contribution is 2.15. The van der Waals surface area contributed by atoms with E-state index in [0.29, 0.717) is 10.0 Å². The zero-order chi connectivity index (χ0) is 15.1. The summed E-state index contributed by atoms with van der Waals surface area (Å²) in [4.78, 5) is 34.1. The zero-order valence-electron chi connectivity index (χ0n) is 10.9. The topological polar surface area (TPSA) is 95.5 Å². The van der Waals surface area contributed by atoms with Gasteiger partial charge < -0.3 is 15.7 Å². The lowest BCUT2D eigenvalue weighted by Crippen LogP contribution is -2.45. The molecule has 0 aliphatic carbocycles. The van der Waals surface area contributed by atoms with Gasteiger partial charge >= 0.3 is 5.97 Å². The van der Waals surface area contributed by atoms with Crippen molar-refractivity contribution >= 4 is 33.7 Å². The average molecular weight is 343 g/mol. The Kier molecular flexibility index (Phi) is 6.17. The molecule has 0 fully saturated rings. The number of carboxylic acid groups (broad SMARTS) is 1. The number of halogens is 1. The van der Waals surface area contributed by atoms with Crippen molar-refractivity contribution in [1.82, 2.24) is 10.6 Å². The van der Waals surface area contributed by atoms with E-state index in [9.17, 15) is 14.4 Å². The lowest BCUT2D eigenvalue weighted by Gasteiger charge is -2.12. The predicted molar refractivity (Wildman–Crippen MR) is 76.3 cm³/mol.